The molecular weight excluding hydrogens is 178 g/mol. The molecule has 0 aromatic heterocycles. The van der Waals surface area contributed by atoms with E-state index in [1.165, 1.54) is 0 Å². The van der Waals surface area contributed by atoms with Gasteiger partial charge in [-0.25, -0.2) is 8.42 Å². The Morgan fingerprint density at radius 3 is 2.67 bits per heavy atom. The van der Waals surface area contributed by atoms with Crippen molar-refractivity contribution in [1.29, 1.82) is 0 Å². The fourth-order valence-corrected chi connectivity index (χ4v) is 3.02. The summed E-state index contributed by atoms with van der Waals surface area (Å²) in [4.78, 5) is 2.00. The van der Waals surface area contributed by atoms with E-state index in [2.05, 4.69) is 0 Å². The first-order chi connectivity index (χ1) is 5.56. The van der Waals surface area contributed by atoms with Gasteiger partial charge in [-0.1, -0.05) is 0 Å². The van der Waals surface area contributed by atoms with Crippen LogP contribution in [0.2, 0.25) is 0 Å². The zero-order valence-electron chi connectivity index (χ0n) is 7.23. The molecule has 0 radical (unpaired) electrons. The lowest BCUT2D eigenvalue weighted by atomic mass is 10.4. The van der Waals surface area contributed by atoms with E-state index in [-0.39, 0.29) is 17.6 Å². The highest BCUT2D eigenvalue weighted by molar-refractivity contribution is 7.92. The summed E-state index contributed by atoms with van der Waals surface area (Å²) in [5.74, 6) is -0.0918. The Kier molecular flexibility index (Phi) is 3.09. The van der Waals surface area contributed by atoms with Gasteiger partial charge < -0.3 is 10.0 Å². The van der Waals surface area contributed by atoms with E-state index < -0.39 is 9.84 Å². The van der Waals surface area contributed by atoms with Crippen molar-refractivity contribution in [2.24, 2.45) is 0 Å². The number of aliphatic hydroxyl groups is 1. The first-order valence-electron chi connectivity index (χ1n) is 4.07. The Morgan fingerprint density at radius 1 is 1.58 bits per heavy atom. The van der Waals surface area contributed by atoms with Crippen molar-refractivity contribution in [2.75, 3.05) is 32.5 Å². The molecule has 0 aromatic rings. The number of sulfone groups is 1. The molecule has 0 amide bonds. The summed E-state index contributed by atoms with van der Waals surface area (Å²) in [6.07, 6.45) is 0.707. The van der Waals surface area contributed by atoms with Crippen molar-refractivity contribution in [3.05, 3.63) is 0 Å². The van der Waals surface area contributed by atoms with E-state index in [0.29, 0.717) is 13.0 Å². The van der Waals surface area contributed by atoms with Gasteiger partial charge in [0.1, 0.15) is 0 Å². The van der Waals surface area contributed by atoms with Crippen LogP contribution in [-0.4, -0.2) is 56.2 Å². The van der Waals surface area contributed by atoms with Crippen molar-refractivity contribution in [2.45, 2.75) is 11.7 Å². The van der Waals surface area contributed by atoms with Crippen LogP contribution in [0.5, 0.6) is 0 Å². The number of likely N-dealkylation sites (tertiary alicyclic amines) is 1. The van der Waals surface area contributed by atoms with Gasteiger partial charge in [-0.2, -0.15) is 0 Å². The molecule has 1 N–H and O–H groups in total. The Morgan fingerprint density at radius 2 is 2.25 bits per heavy atom. The molecule has 1 atom stereocenters. The van der Waals surface area contributed by atoms with Crippen LogP contribution in [0.1, 0.15) is 6.42 Å². The normalized spacial score (nSPS) is 26.3. The van der Waals surface area contributed by atoms with Gasteiger partial charge in [0, 0.05) is 6.54 Å². The highest BCUT2D eigenvalue weighted by Gasteiger charge is 2.30. The largest absolute Gasteiger partial charge is 0.395 e. The van der Waals surface area contributed by atoms with Crippen molar-refractivity contribution >= 4 is 9.84 Å². The van der Waals surface area contributed by atoms with Crippen LogP contribution in [0.15, 0.2) is 0 Å². The molecule has 0 aromatic carbocycles. The summed E-state index contributed by atoms with van der Waals surface area (Å²) >= 11 is 0. The minimum absolute atomic E-state index is 0.0918. The summed E-state index contributed by atoms with van der Waals surface area (Å²) in [6, 6.07) is 0. The van der Waals surface area contributed by atoms with Crippen molar-refractivity contribution in [3.8, 4) is 0 Å². The van der Waals surface area contributed by atoms with Gasteiger partial charge in [-0.15, -0.1) is 0 Å². The third kappa shape index (κ3) is 2.18. The molecular formula is C7H15NO3S. The lowest BCUT2D eigenvalue weighted by Crippen LogP contribution is -2.28. The van der Waals surface area contributed by atoms with Gasteiger partial charge in [0.25, 0.3) is 0 Å². The average molecular weight is 193 g/mol. The van der Waals surface area contributed by atoms with Crippen LogP contribution in [0.4, 0.5) is 0 Å². The average Bonchev–Trinajstić information content (AvgIpc) is 2.36. The fraction of sp³-hybridized carbons (Fsp3) is 1.00. The van der Waals surface area contributed by atoms with Crippen LogP contribution < -0.4 is 0 Å². The van der Waals surface area contributed by atoms with Crippen LogP contribution >= 0.6 is 0 Å². The molecule has 0 aliphatic carbocycles. The highest BCUT2D eigenvalue weighted by Crippen LogP contribution is 2.15. The number of aliphatic hydroxyl groups excluding tert-OH is 1. The lowest BCUT2D eigenvalue weighted by Gasteiger charge is -2.10. The summed E-state index contributed by atoms with van der Waals surface area (Å²) < 4.78 is 22.8. The quantitative estimate of drug-likeness (QED) is 0.631. The lowest BCUT2D eigenvalue weighted by molar-refractivity contribution is 0.319. The Bertz CT molecular complexity index is 237. The Balaban J connectivity index is 2.58. The molecule has 0 bridgehead atoms. The van der Waals surface area contributed by atoms with Crippen molar-refractivity contribution in [3.63, 3.8) is 0 Å². The molecule has 1 fully saturated rings. The third-order valence-electron chi connectivity index (χ3n) is 2.23. The molecule has 4 nitrogen and oxygen atoms in total. The predicted octanol–water partition coefficient (Wildman–Crippen LogP) is -0.902. The minimum Gasteiger partial charge on any atom is -0.395 e. The summed E-state index contributed by atoms with van der Waals surface area (Å²) in [5.41, 5.74) is 0. The van der Waals surface area contributed by atoms with Crippen LogP contribution in [0.3, 0.4) is 0 Å². The summed E-state index contributed by atoms with van der Waals surface area (Å²) in [7, 11) is -1.12. The number of nitrogens with zero attached hydrogens (tertiary/aromatic N) is 1. The van der Waals surface area contributed by atoms with E-state index in [1.54, 1.807) is 0 Å². The molecule has 1 aliphatic rings. The highest BCUT2D eigenvalue weighted by atomic mass is 32.2. The molecule has 1 rings (SSSR count). The van der Waals surface area contributed by atoms with Gasteiger partial charge in [-0.05, 0) is 20.0 Å². The summed E-state index contributed by atoms with van der Waals surface area (Å²) in [6.45, 7) is 1.19. The van der Waals surface area contributed by atoms with Crippen LogP contribution in [-0.2, 0) is 9.84 Å². The monoisotopic (exact) mass is 193 g/mol. The van der Waals surface area contributed by atoms with Gasteiger partial charge in [0.05, 0.1) is 17.6 Å². The van der Waals surface area contributed by atoms with E-state index in [4.69, 9.17) is 5.11 Å². The second-order valence-electron chi connectivity index (χ2n) is 3.26. The van der Waals surface area contributed by atoms with E-state index >= 15 is 0 Å². The molecule has 1 unspecified atom stereocenters. The van der Waals surface area contributed by atoms with Crippen molar-refractivity contribution < 1.29 is 13.5 Å². The number of hydrogen-bond acceptors (Lipinski definition) is 4. The maximum Gasteiger partial charge on any atom is 0.156 e. The van der Waals surface area contributed by atoms with E-state index in [9.17, 15) is 8.42 Å². The SMILES string of the molecule is CN1CCC(S(=O)(=O)CCO)C1. The molecule has 1 saturated heterocycles. The molecule has 1 aliphatic heterocycles. The van der Waals surface area contributed by atoms with E-state index in [1.807, 2.05) is 11.9 Å². The van der Waals surface area contributed by atoms with Gasteiger partial charge in [-0.3, -0.25) is 0 Å². The fourth-order valence-electron chi connectivity index (χ4n) is 1.48. The standard InChI is InChI=1S/C7H15NO3S/c1-8-3-2-7(6-8)12(10,11)5-4-9/h7,9H,2-6H2,1H3. The van der Waals surface area contributed by atoms with E-state index in [0.717, 1.165) is 6.54 Å². The molecule has 12 heavy (non-hydrogen) atoms. The maximum atomic E-state index is 11.4. The summed E-state index contributed by atoms with van der Waals surface area (Å²) in [5, 5.41) is 8.28. The predicted molar refractivity (Wildman–Crippen MR) is 46.8 cm³/mol. The maximum absolute atomic E-state index is 11.4. The molecule has 1 heterocycles. The van der Waals surface area contributed by atoms with Crippen molar-refractivity contribution in [1.82, 2.24) is 4.90 Å². The molecule has 0 saturated carbocycles. The third-order valence-corrected chi connectivity index (χ3v) is 4.38. The molecule has 0 spiro atoms. The zero-order valence-corrected chi connectivity index (χ0v) is 8.05. The Hall–Kier alpha value is -0.130. The van der Waals surface area contributed by atoms with Gasteiger partial charge in [0.2, 0.25) is 0 Å². The number of rotatable bonds is 3. The van der Waals surface area contributed by atoms with Crippen LogP contribution in [0, 0.1) is 0 Å². The van der Waals surface area contributed by atoms with Crippen LogP contribution in [0.25, 0.3) is 0 Å². The van der Waals surface area contributed by atoms with Gasteiger partial charge >= 0.3 is 0 Å². The zero-order chi connectivity index (χ0) is 9.19. The molecule has 5 heteroatoms. The smallest absolute Gasteiger partial charge is 0.156 e. The second kappa shape index (κ2) is 3.72. The second-order valence-corrected chi connectivity index (χ2v) is 5.66. The van der Waals surface area contributed by atoms with Gasteiger partial charge in [0.15, 0.2) is 9.84 Å². The molecule has 72 valence electrons. The Labute approximate surface area is 73.1 Å². The topological polar surface area (TPSA) is 57.6 Å². The first kappa shape index (κ1) is 9.95. The minimum atomic E-state index is -3.03. The first-order valence-corrected chi connectivity index (χ1v) is 5.79. The number of hydrogen-bond donors (Lipinski definition) is 1.